The van der Waals surface area contributed by atoms with Crippen LogP contribution in [-0.4, -0.2) is 6.54 Å². The van der Waals surface area contributed by atoms with E-state index >= 15 is 0 Å². The molecule has 14 heavy (non-hydrogen) atoms. The van der Waals surface area contributed by atoms with Gasteiger partial charge in [0.1, 0.15) is 0 Å². The smallest absolute Gasteiger partial charge is 0.0992 e. The minimum atomic E-state index is 0.458. The van der Waals surface area contributed by atoms with Gasteiger partial charge in [-0.25, -0.2) is 0 Å². The molecule has 0 amide bonds. The lowest BCUT2D eigenvalue weighted by Gasteiger charge is -2.04. The maximum Gasteiger partial charge on any atom is 0.0992 e. The van der Waals surface area contributed by atoms with Gasteiger partial charge in [0.15, 0.2) is 0 Å². The van der Waals surface area contributed by atoms with Gasteiger partial charge >= 0.3 is 0 Å². The zero-order valence-corrected chi connectivity index (χ0v) is 8.81. The van der Waals surface area contributed by atoms with Crippen molar-refractivity contribution < 1.29 is 0 Å². The molecule has 0 unspecified atom stereocenters. The summed E-state index contributed by atoms with van der Waals surface area (Å²) in [6.45, 7) is 0.458. The van der Waals surface area contributed by atoms with Gasteiger partial charge in [0.25, 0.3) is 0 Å². The molecular formula is C10H8Cl2N2. The van der Waals surface area contributed by atoms with Crippen molar-refractivity contribution in [1.29, 1.82) is 5.26 Å². The van der Waals surface area contributed by atoms with Gasteiger partial charge < -0.3 is 5.32 Å². The number of hydrogen-bond acceptors (Lipinski definition) is 2. The van der Waals surface area contributed by atoms with Crippen LogP contribution in [0.25, 0.3) is 0 Å². The number of hydrogen-bond donors (Lipinski definition) is 1. The highest BCUT2D eigenvalue weighted by atomic mass is 35.5. The fourth-order valence-electron chi connectivity index (χ4n) is 0.924. The van der Waals surface area contributed by atoms with Crippen LogP contribution in [0.5, 0.6) is 0 Å². The van der Waals surface area contributed by atoms with Crippen molar-refractivity contribution in [3.05, 3.63) is 40.4 Å². The van der Waals surface area contributed by atoms with E-state index in [1.54, 1.807) is 18.2 Å². The SMILES string of the molecule is N#Cc1cccc(NCC(Cl)=CCl)c1. The standard InChI is InChI=1S/C10H8Cl2N2/c11-5-9(12)7-14-10-3-1-2-8(4-10)6-13/h1-5,14H,7H2. The molecule has 0 aliphatic carbocycles. The minimum absolute atomic E-state index is 0.458. The van der Waals surface area contributed by atoms with E-state index in [-0.39, 0.29) is 0 Å². The fraction of sp³-hybridized carbons (Fsp3) is 0.100. The van der Waals surface area contributed by atoms with Crippen molar-refractivity contribution in [1.82, 2.24) is 0 Å². The predicted octanol–water partition coefficient (Wildman–Crippen LogP) is 3.29. The van der Waals surface area contributed by atoms with E-state index in [0.717, 1.165) is 5.69 Å². The molecule has 0 atom stereocenters. The minimum Gasteiger partial charge on any atom is -0.380 e. The molecule has 0 radical (unpaired) electrons. The van der Waals surface area contributed by atoms with Gasteiger partial charge in [0.2, 0.25) is 0 Å². The molecule has 1 aromatic rings. The van der Waals surface area contributed by atoms with Gasteiger partial charge in [0.05, 0.1) is 18.2 Å². The Kier molecular flexibility index (Phi) is 4.31. The summed E-state index contributed by atoms with van der Waals surface area (Å²) >= 11 is 11.1. The molecule has 0 aromatic heterocycles. The summed E-state index contributed by atoms with van der Waals surface area (Å²) in [6, 6.07) is 9.21. The molecule has 1 rings (SSSR count). The zero-order chi connectivity index (χ0) is 10.4. The van der Waals surface area contributed by atoms with Crippen molar-refractivity contribution in [2.24, 2.45) is 0 Å². The van der Waals surface area contributed by atoms with Crippen LogP contribution in [0.15, 0.2) is 34.8 Å². The largest absolute Gasteiger partial charge is 0.380 e. The van der Waals surface area contributed by atoms with Crippen LogP contribution in [0.3, 0.4) is 0 Å². The summed E-state index contributed by atoms with van der Waals surface area (Å²) in [4.78, 5) is 0. The van der Waals surface area contributed by atoms with E-state index < -0.39 is 0 Å². The lowest BCUT2D eigenvalue weighted by molar-refractivity contribution is 1.31. The molecule has 4 heteroatoms. The first-order chi connectivity index (χ1) is 6.76. The van der Waals surface area contributed by atoms with E-state index in [1.807, 2.05) is 6.07 Å². The van der Waals surface area contributed by atoms with Crippen molar-refractivity contribution in [2.75, 3.05) is 11.9 Å². The van der Waals surface area contributed by atoms with Crippen molar-refractivity contribution in [3.8, 4) is 6.07 Å². The number of nitriles is 1. The lowest BCUT2D eigenvalue weighted by atomic mass is 10.2. The van der Waals surface area contributed by atoms with E-state index in [9.17, 15) is 0 Å². The van der Waals surface area contributed by atoms with Crippen LogP contribution in [0.4, 0.5) is 5.69 Å². The Balaban J connectivity index is 2.64. The first-order valence-corrected chi connectivity index (χ1v) is 4.76. The number of nitrogens with zero attached hydrogens (tertiary/aromatic N) is 1. The molecule has 0 saturated heterocycles. The number of rotatable bonds is 3. The third-order valence-electron chi connectivity index (χ3n) is 1.57. The molecular weight excluding hydrogens is 219 g/mol. The maximum atomic E-state index is 8.65. The predicted molar refractivity (Wildman–Crippen MR) is 59.4 cm³/mol. The summed E-state index contributed by atoms with van der Waals surface area (Å²) in [7, 11) is 0. The highest BCUT2D eigenvalue weighted by molar-refractivity contribution is 6.36. The summed E-state index contributed by atoms with van der Waals surface area (Å²) in [5, 5.41) is 12.2. The van der Waals surface area contributed by atoms with Gasteiger partial charge in [0, 0.05) is 16.3 Å². The van der Waals surface area contributed by atoms with Gasteiger partial charge in [-0.15, -0.1) is 0 Å². The quantitative estimate of drug-likeness (QED) is 0.859. The third kappa shape index (κ3) is 3.29. The van der Waals surface area contributed by atoms with Crippen LogP contribution in [0, 0.1) is 11.3 Å². The van der Waals surface area contributed by atoms with E-state index in [4.69, 9.17) is 28.5 Å². The topological polar surface area (TPSA) is 35.8 Å². The molecule has 0 aliphatic rings. The third-order valence-corrected chi connectivity index (χ3v) is 2.19. The van der Waals surface area contributed by atoms with Gasteiger partial charge in [-0.2, -0.15) is 5.26 Å². The zero-order valence-electron chi connectivity index (χ0n) is 7.30. The number of benzene rings is 1. The molecule has 72 valence electrons. The van der Waals surface area contributed by atoms with Crippen molar-refractivity contribution in [2.45, 2.75) is 0 Å². The van der Waals surface area contributed by atoms with Gasteiger partial charge in [-0.1, -0.05) is 29.3 Å². The monoisotopic (exact) mass is 226 g/mol. The Hall–Kier alpha value is -1.17. The molecule has 0 aliphatic heterocycles. The number of nitrogens with one attached hydrogen (secondary N) is 1. The number of halogens is 2. The van der Waals surface area contributed by atoms with Gasteiger partial charge in [-0.3, -0.25) is 0 Å². The highest BCUT2D eigenvalue weighted by Gasteiger charge is 1.95. The van der Waals surface area contributed by atoms with Crippen LogP contribution >= 0.6 is 23.2 Å². The summed E-state index contributed by atoms with van der Waals surface area (Å²) in [5.74, 6) is 0. The molecule has 0 fully saturated rings. The summed E-state index contributed by atoms with van der Waals surface area (Å²) in [6.07, 6.45) is 0. The Morgan fingerprint density at radius 1 is 1.57 bits per heavy atom. The van der Waals surface area contributed by atoms with E-state index in [0.29, 0.717) is 17.1 Å². The second-order valence-electron chi connectivity index (χ2n) is 2.60. The van der Waals surface area contributed by atoms with Crippen LogP contribution in [0.2, 0.25) is 0 Å². The second-order valence-corrected chi connectivity index (χ2v) is 3.31. The molecule has 1 aromatic carbocycles. The maximum absolute atomic E-state index is 8.65. The second kappa shape index (κ2) is 5.54. The molecule has 0 saturated carbocycles. The van der Waals surface area contributed by atoms with E-state index in [2.05, 4.69) is 11.4 Å². The van der Waals surface area contributed by atoms with Crippen molar-refractivity contribution in [3.63, 3.8) is 0 Å². The van der Waals surface area contributed by atoms with Crippen LogP contribution < -0.4 is 5.32 Å². The molecule has 1 N–H and O–H groups in total. The molecule has 0 heterocycles. The Morgan fingerprint density at radius 2 is 2.36 bits per heavy atom. The summed E-state index contributed by atoms with van der Waals surface area (Å²) < 4.78 is 0. The highest BCUT2D eigenvalue weighted by Crippen LogP contribution is 2.11. The first kappa shape index (κ1) is 10.9. The normalized spacial score (nSPS) is 10.8. The van der Waals surface area contributed by atoms with Crippen LogP contribution in [-0.2, 0) is 0 Å². The molecule has 0 spiro atoms. The molecule has 2 nitrogen and oxygen atoms in total. The summed E-state index contributed by atoms with van der Waals surface area (Å²) in [5.41, 5.74) is 2.77. The Bertz CT molecular complexity index is 380. The Morgan fingerprint density at radius 3 is 3.00 bits per heavy atom. The first-order valence-electron chi connectivity index (χ1n) is 3.95. The Labute approximate surface area is 92.8 Å². The average molecular weight is 227 g/mol. The van der Waals surface area contributed by atoms with Gasteiger partial charge in [-0.05, 0) is 18.2 Å². The van der Waals surface area contributed by atoms with Crippen LogP contribution in [0.1, 0.15) is 5.56 Å². The van der Waals surface area contributed by atoms with E-state index in [1.165, 1.54) is 5.54 Å². The lowest BCUT2D eigenvalue weighted by Crippen LogP contribution is -2.00. The fourth-order valence-corrected chi connectivity index (χ4v) is 1.07. The number of anilines is 1. The van der Waals surface area contributed by atoms with Crippen molar-refractivity contribution >= 4 is 28.9 Å². The average Bonchev–Trinajstić information content (AvgIpc) is 2.26. The molecule has 0 bridgehead atoms.